The van der Waals surface area contributed by atoms with Gasteiger partial charge in [-0.1, -0.05) is 30.3 Å². The van der Waals surface area contributed by atoms with Crippen molar-refractivity contribution in [2.24, 2.45) is 5.73 Å². The van der Waals surface area contributed by atoms with Crippen molar-refractivity contribution in [2.45, 2.75) is 6.42 Å². The average molecular weight is 230 g/mol. The van der Waals surface area contributed by atoms with E-state index in [0.717, 1.165) is 13.0 Å². The Morgan fingerprint density at radius 1 is 1.40 bits per heavy atom. The van der Waals surface area contributed by atoms with Gasteiger partial charge in [0.1, 0.15) is 6.61 Å². The molecule has 0 aliphatic heterocycles. The maximum Gasteiger partial charge on any atom is 0.247 e. The largest absolute Gasteiger partial charge is 0.376 e. The highest BCUT2D eigenvalue weighted by molar-refractivity contribution is 6.63. The fourth-order valence-corrected chi connectivity index (χ4v) is 1.03. The van der Waals surface area contributed by atoms with Gasteiger partial charge in [0.2, 0.25) is 5.24 Å². The third-order valence-corrected chi connectivity index (χ3v) is 1.64. The Labute approximate surface area is 95.2 Å². The summed E-state index contributed by atoms with van der Waals surface area (Å²) in [4.78, 5) is 9.68. The summed E-state index contributed by atoms with van der Waals surface area (Å²) in [7, 11) is 1.42. The van der Waals surface area contributed by atoms with E-state index in [1.54, 1.807) is 0 Å². The van der Waals surface area contributed by atoms with Crippen LogP contribution in [0.3, 0.4) is 0 Å². The van der Waals surface area contributed by atoms with Gasteiger partial charge in [-0.05, 0) is 30.1 Å². The molecule has 1 aromatic rings. The van der Waals surface area contributed by atoms with Gasteiger partial charge in [0.15, 0.2) is 0 Å². The van der Waals surface area contributed by atoms with Gasteiger partial charge in [-0.3, -0.25) is 4.79 Å². The van der Waals surface area contributed by atoms with Gasteiger partial charge in [-0.15, -0.1) is 0 Å². The van der Waals surface area contributed by atoms with Crippen LogP contribution < -0.4 is 5.73 Å². The van der Waals surface area contributed by atoms with Gasteiger partial charge in [0, 0.05) is 7.11 Å². The summed E-state index contributed by atoms with van der Waals surface area (Å²) in [6, 6.07) is 10.3. The standard InChI is InChI=1S/C8H11N.C3H5ClO2/c9-7-6-8-4-2-1-3-5-8;1-6-2-3(4)5/h1-5H,6-7,9H2;2H2,1H3. The lowest BCUT2D eigenvalue weighted by Gasteiger charge is -1.93. The molecule has 0 amide bonds. The van der Waals surface area contributed by atoms with E-state index in [-0.39, 0.29) is 6.61 Å². The second kappa shape index (κ2) is 9.65. The minimum atomic E-state index is -0.461. The van der Waals surface area contributed by atoms with E-state index < -0.39 is 5.24 Å². The van der Waals surface area contributed by atoms with Crippen LogP contribution >= 0.6 is 11.6 Å². The number of rotatable bonds is 4. The minimum Gasteiger partial charge on any atom is -0.376 e. The van der Waals surface area contributed by atoms with Crippen LogP contribution in [0.15, 0.2) is 30.3 Å². The number of carbonyl (C=O) groups excluding carboxylic acids is 1. The number of halogens is 1. The number of hydrogen-bond donors (Lipinski definition) is 1. The van der Waals surface area contributed by atoms with E-state index in [2.05, 4.69) is 16.9 Å². The Morgan fingerprint density at radius 2 is 2.00 bits per heavy atom. The first-order valence-electron chi connectivity index (χ1n) is 4.62. The van der Waals surface area contributed by atoms with Gasteiger partial charge >= 0.3 is 0 Å². The van der Waals surface area contributed by atoms with E-state index >= 15 is 0 Å². The minimum absolute atomic E-state index is 0.00154. The number of carbonyl (C=O) groups is 1. The second-order valence-corrected chi connectivity index (χ2v) is 3.23. The average Bonchev–Trinajstić information content (AvgIpc) is 2.20. The third-order valence-electron chi connectivity index (χ3n) is 1.53. The first-order chi connectivity index (χ1) is 7.20. The van der Waals surface area contributed by atoms with Crippen molar-refractivity contribution < 1.29 is 9.53 Å². The van der Waals surface area contributed by atoms with Gasteiger partial charge in [0.05, 0.1) is 0 Å². The van der Waals surface area contributed by atoms with Crippen LogP contribution in [0.5, 0.6) is 0 Å². The van der Waals surface area contributed by atoms with Crippen molar-refractivity contribution in [3.8, 4) is 0 Å². The van der Waals surface area contributed by atoms with Gasteiger partial charge in [-0.2, -0.15) is 0 Å². The summed E-state index contributed by atoms with van der Waals surface area (Å²) in [5.74, 6) is 0. The fourth-order valence-electron chi connectivity index (χ4n) is 0.925. The molecule has 1 aromatic carbocycles. The molecule has 0 saturated carbocycles. The van der Waals surface area contributed by atoms with Crippen molar-refractivity contribution in [3.05, 3.63) is 35.9 Å². The molecule has 0 aliphatic carbocycles. The number of ether oxygens (including phenoxy) is 1. The molecule has 0 aromatic heterocycles. The molecule has 0 spiro atoms. The molecule has 15 heavy (non-hydrogen) atoms. The van der Waals surface area contributed by atoms with Crippen molar-refractivity contribution >= 4 is 16.8 Å². The zero-order valence-electron chi connectivity index (χ0n) is 8.78. The van der Waals surface area contributed by atoms with Gasteiger partial charge in [0.25, 0.3) is 0 Å². The number of nitrogens with two attached hydrogens (primary N) is 1. The molecule has 4 heteroatoms. The summed E-state index contributed by atoms with van der Waals surface area (Å²) in [5.41, 5.74) is 6.68. The van der Waals surface area contributed by atoms with E-state index in [1.807, 2.05) is 18.2 Å². The van der Waals surface area contributed by atoms with Crippen molar-refractivity contribution in [1.82, 2.24) is 0 Å². The van der Waals surface area contributed by atoms with E-state index in [9.17, 15) is 4.79 Å². The van der Waals surface area contributed by atoms with E-state index in [4.69, 9.17) is 17.3 Å². The maximum absolute atomic E-state index is 9.68. The summed E-state index contributed by atoms with van der Waals surface area (Å²) in [6.45, 7) is 0.742. The SMILES string of the molecule is COCC(=O)Cl.NCCc1ccccc1. The molecule has 0 atom stereocenters. The smallest absolute Gasteiger partial charge is 0.247 e. The summed E-state index contributed by atoms with van der Waals surface area (Å²) in [6.07, 6.45) is 0.987. The predicted octanol–water partition coefficient (Wildman–Crippen LogP) is 1.59. The van der Waals surface area contributed by atoms with E-state index in [1.165, 1.54) is 12.7 Å². The highest BCUT2D eigenvalue weighted by Gasteiger charge is 1.87. The Bertz CT molecular complexity index is 265. The lowest BCUT2D eigenvalue weighted by Crippen LogP contribution is -2.01. The first-order valence-corrected chi connectivity index (χ1v) is 4.99. The lowest BCUT2D eigenvalue weighted by molar-refractivity contribution is -0.114. The molecule has 0 radical (unpaired) electrons. The Balaban J connectivity index is 0.000000288. The van der Waals surface area contributed by atoms with Crippen molar-refractivity contribution in [3.63, 3.8) is 0 Å². The molecule has 0 heterocycles. The quantitative estimate of drug-likeness (QED) is 0.798. The first kappa shape index (κ1) is 14.1. The molecule has 0 bridgehead atoms. The van der Waals surface area contributed by atoms with Gasteiger partial charge in [-0.25, -0.2) is 0 Å². The molecular formula is C11H16ClNO2. The molecule has 3 nitrogen and oxygen atoms in total. The number of methoxy groups -OCH3 is 1. The Hall–Kier alpha value is -0.900. The van der Waals surface area contributed by atoms with E-state index in [0.29, 0.717) is 0 Å². The fraction of sp³-hybridized carbons (Fsp3) is 0.364. The highest BCUT2D eigenvalue weighted by Crippen LogP contribution is 1.96. The maximum atomic E-state index is 9.68. The van der Waals surface area contributed by atoms with Crippen LogP contribution in [0.2, 0.25) is 0 Å². The number of benzene rings is 1. The molecule has 0 aliphatic rings. The number of hydrogen-bond acceptors (Lipinski definition) is 3. The summed E-state index contributed by atoms with van der Waals surface area (Å²) < 4.78 is 4.32. The van der Waals surface area contributed by atoms with Crippen molar-refractivity contribution in [1.29, 1.82) is 0 Å². The lowest BCUT2D eigenvalue weighted by atomic mass is 10.2. The monoisotopic (exact) mass is 229 g/mol. The zero-order valence-corrected chi connectivity index (χ0v) is 9.54. The van der Waals surface area contributed by atoms with Crippen molar-refractivity contribution in [2.75, 3.05) is 20.3 Å². The molecule has 0 saturated heterocycles. The predicted molar refractivity (Wildman–Crippen MR) is 61.9 cm³/mol. The van der Waals surface area contributed by atoms with Gasteiger partial charge < -0.3 is 10.5 Å². The zero-order chi connectivity index (χ0) is 11.5. The summed E-state index contributed by atoms with van der Waals surface area (Å²) >= 11 is 4.81. The molecule has 0 fully saturated rings. The highest BCUT2D eigenvalue weighted by atomic mass is 35.5. The molecule has 1 rings (SSSR count). The second-order valence-electron chi connectivity index (χ2n) is 2.81. The van der Waals surface area contributed by atoms with Crippen LogP contribution in [-0.2, 0) is 16.0 Å². The third kappa shape index (κ3) is 9.41. The normalized spacial score (nSPS) is 9.00. The Kier molecular flexibility index (Phi) is 9.07. The van der Waals surface area contributed by atoms with Crippen LogP contribution in [-0.4, -0.2) is 25.5 Å². The summed E-state index contributed by atoms with van der Waals surface area (Å²) in [5, 5.41) is -0.461. The Morgan fingerprint density at radius 3 is 2.33 bits per heavy atom. The molecule has 2 N–H and O–H groups in total. The molecule has 0 unspecified atom stereocenters. The molecule has 84 valence electrons. The molecular weight excluding hydrogens is 214 g/mol. The van der Waals surface area contributed by atoms with Crippen LogP contribution in [0.1, 0.15) is 5.56 Å². The topological polar surface area (TPSA) is 52.3 Å². The van der Waals surface area contributed by atoms with Crippen LogP contribution in [0.25, 0.3) is 0 Å². The van der Waals surface area contributed by atoms with Crippen LogP contribution in [0.4, 0.5) is 0 Å². The van der Waals surface area contributed by atoms with Crippen LogP contribution in [0, 0.1) is 0 Å².